The number of hydrogen-bond acceptors (Lipinski definition) is 4. The molecule has 0 saturated heterocycles. The lowest BCUT2D eigenvalue weighted by atomic mass is 10.2. The molecule has 0 spiro atoms. The third-order valence-electron chi connectivity index (χ3n) is 1.57. The van der Waals surface area contributed by atoms with Gasteiger partial charge in [-0.25, -0.2) is 9.37 Å². The summed E-state index contributed by atoms with van der Waals surface area (Å²) in [6.07, 6.45) is 2.76. The molecule has 4 nitrogen and oxygen atoms in total. The van der Waals surface area contributed by atoms with Crippen molar-refractivity contribution in [3.63, 3.8) is 0 Å². The maximum Gasteiger partial charge on any atom is 0.432 e. The number of rotatable bonds is 1. The van der Waals surface area contributed by atoms with Gasteiger partial charge in [-0.2, -0.15) is 0 Å². The second-order valence-electron chi connectivity index (χ2n) is 2.49. The molecule has 1 aromatic heterocycles. The molecule has 0 bridgehead atoms. The lowest BCUT2D eigenvalue weighted by Gasteiger charge is -1.95. The highest BCUT2D eigenvalue weighted by Crippen LogP contribution is 2.20. The van der Waals surface area contributed by atoms with E-state index in [2.05, 4.69) is 4.98 Å². The second kappa shape index (κ2) is 5.95. The van der Waals surface area contributed by atoms with E-state index in [1.54, 1.807) is 18.2 Å². The number of halogens is 1. The molecule has 15 heavy (non-hydrogen) atoms. The first kappa shape index (κ1) is 11.4. The van der Waals surface area contributed by atoms with Gasteiger partial charge in [0, 0.05) is 0 Å². The molecule has 6 heteroatoms. The summed E-state index contributed by atoms with van der Waals surface area (Å²) < 4.78 is 18.0. The van der Waals surface area contributed by atoms with Crippen molar-refractivity contribution in [1.82, 2.24) is 4.98 Å². The van der Waals surface area contributed by atoms with E-state index >= 15 is 0 Å². The Morgan fingerprint density at radius 2 is 1.93 bits per heavy atom. The van der Waals surface area contributed by atoms with Crippen LogP contribution in [0.4, 0.5) is 4.39 Å². The third kappa shape index (κ3) is 3.19. The largest absolute Gasteiger partial charge is 0.443 e. The van der Waals surface area contributed by atoms with Crippen molar-refractivity contribution in [1.29, 1.82) is 0 Å². The molecular formula is C9H9BFNO3. The maximum absolute atomic E-state index is 13.1. The Morgan fingerprint density at radius 3 is 2.47 bits per heavy atom. The second-order valence-corrected chi connectivity index (χ2v) is 2.49. The van der Waals surface area contributed by atoms with E-state index in [9.17, 15) is 4.39 Å². The summed E-state index contributed by atoms with van der Waals surface area (Å²) in [5.74, 6) is 0.155. The van der Waals surface area contributed by atoms with Gasteiger partial charge in [0.15, 0.2) is 12.2 Å². The van der Waals surface area contributed by atoms with Crippen LogP contribution in [-0.4, -0.2) is 22.7 Å². The summed E-state index contributed by atoms with van der Waals surface area (Å²) in [5, 5.41) is 14.2. The molecule has 0 unspecified atom stereocenters. The molecule has 78 valence electrons. The summed E-state index contributed by atoms with van der Waals surface area (Å²) in [6, 6.07) is 6.42. The van der Waals surface area contributed by atoms with E-state index in [1.165, 1.54) is 18.7 Å². The van der Waals surface area contributed by atoms with Gasteiger partial charge in [-0.1, -0.05) is 12.1 Å². The van der Waals surface area contributed by atoms with Crippen molar-refractivity contribution in [3.05, 3.63) is 42.7 Å². The van der Waals surface area contributed by atoms with Crippen LogP contribution in [-0.2, 0) is 0 Å². The van der Waals surface area contributed by atoms with Gasteiger partial charge < -0.3 is 14.5 Å². The Balaban J connectivity index is 0.000000337. The fraction of sp³-hybridized carbons (Fsp3) is 0. The summed E-state index contributed by atoms with van der Waals surface area (Å²) in [6.45, 7) is 0. The standard InChI is InChI=1S/C9H6FNO.BH3O2/c10-8-4-2-1-3-7(8)9-5-11-6-12-9;2-1-3/h1-6H;1-3H. The van der Waals surface area contributed by atoms with Crippen molar-refractivity contribution in [2.75, 3.05) is 0 Å². The first-order valence-corrected chi connectivity index (χ1v) is 4.14. The van der Waals surface area contributed by atoms with Crippen molar-refractivity contribution in [3.8, 4) is 11.3 Å². The zero-order chi connectivity index (χ0) is 11.1. The van der Waals surface area contributed by atoms with Gasteiger partial charge in [0.1, 0.15) is 5.82 Å². The molecule has 0 aliphatic rings. The van der Waals surface area contributed by atoms with Crippen molar-refractivity contribution >= 4 is 7.69 Å². The van der Waals surface area contributed by atoms with E-state index in [0.717, 1.165) is 0 Å². The van der Waals surface area contributed by atoms with Crippen LogP contribution in [0, 0.1) is 5.82 Å². The highest BCUT2D eigenvalue weighted by Gasteiger charge is 2.05. The third-order valence-corrected chi connectivity index (χ3v) is 1.57. The molecule has 0 radical (unpaired) electrons. The molecule has 0 atom stereocenters. The zero-order valence-corrected chi connectivity index (χ0v) is 7.80. The predicted octanol–water partition coefficient (Wildman–Crippen LogP) is 0.718. The van der Waals surface area contributed by atoms with Crippen molar-refractivity contribution in [2.24, 2.45) is 0 Å². The fourth-order valence-electron chi connectivity index (χ4n) is 1.01. The fourth-order valence-corrected chi connectivity index (χ4v) is 1.01. The number of oxazole rings is 1. The monoisotopic (exact) mass is 209 g/mol. The van der Waals surface area contributed by atoms with Gasteiger partial charge in [0.05, 0.1) is 11.8 Å². The van der Waals surface area contributed by atoms with Gasteiger partial charge in [-0.05, 0) is 12.1 Å². The first-order chi connectivity index (χ1) is 7.29. The van der Waals surface area contributed by atoms with Gasteiger partial charge >= 0.3 is 7.69 Å². The minimum Gasteiger partial charge on any atom is -0.443 e. The molecule has 0 fully saturated rings. The Hall–Kier alpha value is -1.66. The molecule has 2 rings (SSSR count). The predicted molar refractivity (Wildman–Crippen MR) is 53.5 cm³/mol. The highest BCUT2D eigenvalue weighted by molar-refractivity contribution is 6.13. The summed E-state index contributed by atoms with van der Waals surface area (Å²) in [5.41, 5.74) is 0.440. The Morgan fingerprint density at radius 1 is 1.27 bits per heavy atom. The lowest BCUT2D eigenvalue weighted by molar-refractivity contribution is 0.448. The van der Waals surface area contributed by atoms with E-state index in [4.69, 9.17) is 14.5 Å². The summed E-state index contributed by atoms with van der Waals surface area (Å²) in [4.78, 5) is 3.71. The van der Waals surface area contributed by atoms with Crippen LogP contribution in [0.2, 0.25) is 0 Å². The minimum absolute atomic E-state index is 0.297. The van der Waals surface area contributed by atoms with Gasteiger partial charge in [-0.15, -0.1) is 0 Å². The lowest BCUT2D eigenvalue weighted by Crippen LogP contribution is -1.79. The smallest absolute Gasteiger partial charge is 0.432 e. The van der Waals surface area contributed by atoms with E-state index in [0.29, 0.717) is 11.3 Å². The topological polar surface area (TPSA) is 66.5 Å². The van der Waals surface area contributed by atoms with Crippen LogP contribution in [0.15, 0.2) is 41.3 Å². The minimum atomic E-state index is -0.750. The highest BCUT2D eigenvalue weighted by atomic mass is 19.1. The van der Waals surface area contributed by atoms with E-state index < -0.39 is 7.69 Å². The molecule has 1 aromatic carbocycles. The molecule has 1 heterocycles. The quantitative estimate of drug-likeness (QED) is 0.679. The molecule has 0 amide bonds. The molecule has 0 saturated carbocycles. The number of benzene rings is 1. The summed E-state index contributed by atoms with van der Waals surface area (Å²) in [7, 11) is -0.750. The SMILES string of the molecule is Fc1ccccc1-c1cnco1.OBO. The van der Waals surface area contributed by atoms with Crippen LogP contribution in [0.25, 0.3) is 11.3 Å². The van der Waals surface area contributed by atoms with Crippen LogP contribution >= 0.6 is 0 Å². The van der Waals surface area contributed by atoms with Gasteiger partial charge in [0.25, 0.3) is 0 Å². The van der Waals surface area contributed by atoms with Crippen LogP contribution in [0.1, 0.15) is 0 Å². The summed E-state index contributed by atoms with van der Waals surface area (Å²) >= 11 is 0. The Kier molecular flexibility index (Phi) is 4.53. The number of aromatic nitrogens is 1. The first-order valence-electron chi connectivity index (χ1n) is 4.14. The molecule has 0 aliphatic carbocycles. The van der Waals surface area contributed by atoms with Crippen LogP contribution in [0.3, 0.4) is 0 Å². The Labute approximate surface area is 86.3 Å². The molecule has 2 N–H and O–H groups in total. The maximum atomic E-state index is 13.1. The van der Waals surface area contributed by atoms with E-state index in [-0.39, 0.29) is 5.82 Å². The zero-order valence-electron chi connectivity index (χ0n) is 7.80. The number of hydrogen-bond donors (Lipinski definition) is 2. The molecular weight excluding hydrogens is 200 g/mol. The Bertz CT molecular complexity index is 394. The number of nitrogens with zero attached hydrogens (tertiary/aromatic N) is 1. The van der Waals surface area contributed by atoms with Crippen LogP contribution in [0.5, 0.6) is 0 Å². The average Bonchev–Trinajstić information content (AvgIpc) is 2.72. The van der Waals surface area contributed by atoms with Gasteiger partial charge in [0.2, 0.25) is 0 Å². The van der Waals surface area contributed by atoms with Crippen molar-refractivity contribution in [2.45, 2.75) is 0 Å². The average molecular weight is 209 g/mol. The van der Waals surface area contributed by atoms with E-state index in [1.807, 2.05) is 0 Å². The molecule has 0 aliphatic heterocycles. The van der Waals surface area contributed by atoms with Gasteiger partial charge in [-0.3, -0.25) is 0 Å². The normalized spacial score (nSPS) is 9.00. The van der Waals surface area contributed by atoms with Crippen molar-refractivity contribution < 1.29 is 18.9 Å². The van der Waals surface area contributed by atoms with Crippen LogP contribution < -0.4 is 0 Å². The molecule has 2 aromatic rings.